The van der Waals surface area contributed by atoms with E-state index in [-0.39, 0.29) is 40.8 Å². The number of alkyl halides is 3. The molecule has 37 heavy (non-hydrogen) atoms. The molecule has 3 N–H and O–H groups in total. The first kappa shape index (κ1) is 26.1. The molecule has 2 aliphatic carbocycles. The number of benzene rings is 1. The molecule has 4 atom stereocenters. The molecular weight excluding hydrogens is 530 g/mol. The van der Waals surface area contributed by atoms with Crippen LogP contribution in [0.15, 0.2) is 30.5 Å². The number of pyridine rings is 1. The normalized spacial score (nSPS) is 23.6. The van der Waals surface area contributed by atoms with Crippen molar-refractivity contribution in [3.05, 3.63) is 51.9 Å². The Bertz CT molecular complexity index is 1350. The van der Waals surface area contributed by atoms with E-state index in [0.717, 1.165) is 18.9 Å². The molecule has 198 valence electrons. The van der Waals surface area contributed by atoms with Gasteiger partial charge in [-0.25, -0.2) is 4.98 Å². The first-order valence-electron chi connectivity index (χ1n) is 12.0. The molecule has 0 spiro atoms. The fourth-order valence-corrected chi connectivity index (χ4v) is 5.62. The van der Waals surface area contributed by atoms with E-state index in [9.17, 15) is 23.1 Å². The second kappa shape index (κ2) is 9.32. The highest BCUT2D eigenvalue weighted by Crippen LogP contribution is 2.51. The molecule has 3 aromatic rings. The van der Waals surface area contributed by atoms with Crippen molar-refractivity contribution >= 4 is 45.7 Å². The summed E-state index contributed by atoms with van der Waals surface area (Å²) in [6, 6.07) is 5.29. The molecule has 7 nitrogen and oxygen atoms in total. The Labute approximate surface area is 221 Å². The Morgan fingerprint density at radius 3 is 2.65 bits per heavy atom. The van der Waals surface area contributed by atoms with Crippen LogP contribution in [-0.2, 0) is 12.7 Å². The number of halogens is 5. The van der Waals surface area contributed by atoms with E-state index < -0.39 is 17.5 Å². The third-order valence-electron chi connectivity index (χ3n) is 6.87. The van der Waals surface area contributed by atoms with E-state index in [4.69, 9.17) is 23.2 Å². The third kappa shape index (κ3) is 5.81. The quantitative estimate of drug-likeness (QED) is 0.371. The van der Waals surface area contributed by atoms with Crippen LogP contribution in [0.3, 0.4) is 0 Å². The summed E-state index contributed by atoms with van der Waals surface area (Å²) in [4.78, 5) is 16.8. The largest absolute Gasteiger partial charge is 0.433 e. The number of hydrogen-bond donors (Lipinski definition) is 3. The van der Waals surface area contributed by atoms with Crippen molar-refractivity contribution < 1.29 is 23.1 Å². The van der Waals surface area contributed by atoms with Gasteiger partial charge in [0, 0.05) is 34.4 Å². The maximum atomic E-state index is 13.5. The van der Waals surface area contributed by atoms with Crippen LogP contribution in [0.1, 0.15) is 49.2 Å². The van der Waals surface area contributed by atoms with Gasteiger partial charge in [-0.3, -0.25) is 9.48 Å². The maximum absolute atomic E-state index is 13.5. The Morgan fingerprint density at radius 1 is 1.19 bits per heavy atom. The highest BCUT2D eigenvalue weighted by atomic mass is 35.5. The lowest BCUT2D eigenvalue weighted by atomic mass is 9.90. The first-order chi connectivity index (χ1) is 17.3. The summed E-state index contributed by atoms with van der Waals surface area (Å²) in [5.41, 5.74) is -1.28. The Hall–Kier alpha value is -2.56. The lowest BCUT2D eigenvalue weighted by Gasteiger charge is -2.31. The average molecular weight is 556 g/mol. The number of amides is 1. The molecule has 12 heteroatoms. The van der Waals surface area contributed by atoms with Gasteiger partial charge in [-0.15, -0.1) is 0 Å². The molecule has 2 saturated carbocycles. The number of anilines is 1. The molecule has 2 aromatic heterocycles. The van der Waals surface area contributed by atoms with Gasteiger partial charge in [-0.1, -0.05) is 23.2 Å². The second-order valence-corrected chi connectivity index (χ2v) is 11.4. The molecular formula is C25H26Cl2F3N5O2. The molecule has 5 rings (SSSR count). The predicted molar refractivity (Wildman–Crippen MR) is 135 cm³/mol. The van der Waals surface area contributed by atoms with Crippen molar-refractivity contribution in [3.63, 3.8) is 0 Å². The van der Waals surface area contributed by atoms with Crippen molar-refractivity contribution in [1.29, 1.82) is 0 Å². The van der Waals surface area contributed by atoms with Crippen molar-refractivity contribution in [2.24, 2.45) is 11.8 Å². The zero-order valence-electron chi connectivity index (χ0n) is 20.1. The predicted octanol–water partition coefficient (Wildman–Crippen LogP) is 5.54. The number of hydrogen-bond acceptors (Lipinski definition) is 5. The zero-order valence-corrected chi connectivity index (χ0v) is 21.6. The summed E-state index contributed by atoms with van der Waals surface area (Å²) in [5, 5.41) is 21.4. The number of nitrogens with zero attached hydrogens (tertiary/aromatic N) is 3. The number of fused-ring (bicyclic) bond motifs is 2. The number of carbonyl (C=O) groups is 1. The number of aliphatic hydroxyl groups is 1. The summed E-state index contributed by atoms with van der Waals surface area (Å²) in [7, 11) is 0. The van der Waals surface area contributed by atoms with Crippen molar-refractivity contribution in [2.45, 2.75) is 63.5 Å². The van der Waals surface area contributed by atoms with Crippen LogP contribution < -0.4 is 10.6 Å². The van der Waals surface area contributed by atoms with E-state index in [2.05, 4.69) is 20.7 Å². The summed E-state index contributed by atoms with van der Waals surface area (Å²) < 4.78 is 42.0. The number of carbonyl (C=O) groups excluding carboxylic acids is 1. The van der Waals surface area contributed by atoms with Crippen LogP contribution >= 0.6 is 23.2 Å². The molecule has 1 amide bonds. The molecule has 0 aliphatic heterocycles. The van der Waals surface area contributed by atoms with Crippen molar-refractivity contribution in [1.82, 2.24) is 20.1 Å². The van der Waals surface area contributed by atoms with Gasteiger partial charge in [0.25, 0.3) is 5.91 Å². The highest BCUT2D eigenvalue weighted by molar-refractivity contribution is 6.32. The maximum Gasteiger partial charge on any atom is 0.433 e. The minimum absolute atomic E-state index is 0.0383. The number of nitrogens with one attached hydrogen (secondary N) is 2. The van der Waals surface area contributed by atoms with Crippen molar-refractivity contribution in [2.75, 3.05) is 5.32 Å². The van der Waals surface area contributed by atoms with Gasteiger partial charge in [-0.2, -0.15) is 18.3 Å². The summed E-state index contributed by atoms with van der Waals surface area (Å²) in [5.74, 6) is 0.294. The summed E-state index contributed by atoms with van der Waals surface area (Å²) in [6.45, 7) is 3.42. The van der Waals surface area contributed by atoms with E-state index in [1.165, 1.54) is 23.0 Å². The molecule has 1 aromatic carbocycles. The van der Waals surface area contributed by atoms with E-state index >= 15 is 0 Å². The van der Waals surface area contributed by atoms with Gasteiger partial charge in [-0.05, 0) is 69.2 Å². The smallest absolute Gasteiger partial charge is 0.389 e. The fourth-order valence-electron chi connectivity index (χ4n) is 5.21. The van der Waals surface area contributed by atoms with E-state index in [1.807, 2.05) is 0 Å². The highest BCUT2D eigenvalue weighted by Gasteiger charge is 2.49. The summed E-state index contributed by atoms with van der Waals surface area (Å²) in [6.07, 6.45) is -0.844. The molecule has 2 fully saturated rings. The molecule has 2 aliphatic rings. The van der Waals surface area contributed by atoms with Gasteiger partial charge in [0.05, 0.1) is 23.2 Å². The standard InChI is InChI=1S/C25H26Cl2F3N5O2/c1-24(2,37)11-35-10-17(22(27)34-35)23(36)31-14-5-12-6-15(12)19(8-14)32-20-9-21(25(28,29)30)33-18-4-3-13(26)7-16(18)20/h3-4,7,9-10,12,14-15,19,37H,5-6,8,11H2,1-2H3,(H,31,36)(H,32,33)/t12?,14-,15?,19-/m1/s1. The molecule has 2 unspecified atom stereocenters. The van der Waals surface area contributed by atoms with Gasteiger partial charge in [0.2, 0.25) is 0 Å². The zero-order chi connectivity index (χ0) is 26.7. The van der Waals surface area contributed by atoms with Crippen molar-refractivity contribution in [3.8, 4) is 0 Å². The third-order valence-corrected chi connectivity index (χ3v) is 7.38. The van der Waals surface area contributed by atoms with Crippen LogP contribution in [0.25, 0.3) is 10.9 Å². The Kier molecular flexibility index (Phi) is 6.57. The second-order valence-electron chi connectivity index (χ2n) is 10.6. The van der Waals surface area contributed by atoms with Crippen LogP contribution in [0.2, 0.25) is 10.2 Å². The lowest BCUT2D eigenvalue weighted by molar-refractivity contribution is -0.140. The lowest BCUT2D eigenvalue weighted by Crippen LogP contribution is -2.43. The summed E-state index contributed by atoms with van der Waals surface area (Å²) >= 11 is 12.3. The number of rotatable bonds is 6. The van der Waals surface area contributed by atoms with Gasteiger partial charge in [0.1, 0.15) is 5.69 Å². The monoisotopic (exact) mass is 555 g/mol. The first-order valence-corrected chi connectivity index (χ1v) is 12.7. The SMILES string of the molecule is CC(C)(O)Cn1cc(C(=O)N[C@@H]2CC3CC3[C@H](Nc3cc(C(F)(F)F)nc4ccc(Cl)cc34)C2)c(Cl)n1. The average Bonchev–Trinajstić information content (AvgIpc) is 3.47. The van der Waals surface area contributed by atoms with Crippen LogP contribution in [0.5, 0.6) is 0 Å². The van der Waals surface area contributed by atoms with Crippen LogP contribution in [-0.4, -0.2) is 43.5 Å². The van der Waals surface area contributed by atoms with E-state index in [1.54, 1.807) is 19.9 Å². The van der Waals surface area contributed by atoms with Crippen LogP contribution in [0.4, 0.5) is 18.9 Å². The van der Waals surface area contributed by atoms with Crippen LogP contribution in [0, 0.1) is 11.8 Å². The van der Waals surface area contributed by atoms with Gasteiger partial charge in [0.15, 0.2) is 5.15 Å². The Balaban J connectivity index is 1.34. The van der Waals surface area contributed by atoms with Gasteiger partial charge < -0.3 is 15.7 Å². The van der Waals surface area contributed by atoms with E-state index in [0.29, 0.717) is 34.4 Å². The van der Waals surface area contributed by atoms with Gasteiger partial charge >= 0.3 is 6.18 Å². The topological polar surface area (TPSA) is 92.1 Å². The Morgan fingerprint density at radius 2 is 1.95 bits per heavy atom. The minimum Gasteiger partial charge on any atom is -0.389 e. The number of aromatic nitrogens is 3. The molecule has 0 saturated heterocycles. The fraction of sp³-hybridized carbons (Fsp3) is 0.480. The minimum atomic E-state index is -4.59. The molecule has 0 radical (unpaired) electrons. The molecule has 2 heterocycles. The molecule has 0 bridgehead atoms.